The molecule has 1 heterocycles. The number of carbonyl (C=O) groups is 3. The Morgan fingerprint density at radius 1 is 1.18 bits per heavy atom. The van der Waals surface area contributed by atoms with Crippen LogP contribution in [0.3, 0.4) is 0 Å². The van der Waals surface area contributed by atoms with E-state index < -0.39 is 23.6 Å². The largest absolute Gasteiger partial charge is 0.484 e. The average Bonchev–Trinajstić information content (AvgIpc) is 2.41. The van der Waals surface area contributed by atoms with Gasteiger partial charge in [-0.05, 0) is 23.8 Å². The van der Waals surface area contributed by atoms with Crippen LogP contribution in [0.1, 0.15) is 19.4 Å². The Morgan fingerprint density at radius 3 is 2.23 bits per heavy atom. The normalized spacial score (nSPS) is 16.5. The molecule has 1 aromatic carbocycles. The van der Waals surface area contributed by atoms with Gasteiger partial charge in [-0.1, -0.05) is 12.1 Å². The minimum atomic E-state index is -1.27. The number of esters is 2. The van der Waals surface area contributed by atoms with Crippen molar-refractivity contribution in [3.63, 3.8) is 0 Å². The second-order valence-electron chi connectivity index (χ2n) is 5.06. The number of primary amides is 1. The first-order valence-electron chi connectivity index (χ1n) is 6.46. The van der Waals surface area contributed by atoms with Crippen molar-refractivity contribution in [1.29, 1.82) is 0 Å². The van der Waals surface area contributed by atoms with Crippen molar-refractivity contribution >= 4 is 23.9 Å². The predicted octanol–water partition coefficient (Wildman–Crippen LogP) is 0.770. The van der Waals surface area contributed by atoms with E-state index in [9.17, 15) is 14.4 Å². The van der Waals surface area contributed by atoms with Crippen LogP contribution >= 0.6 is 0 Å². The lowest BCUT2D eigenvalue weighted by Gasteiger charge is -2.29. The number of carbonyl (C=O) groups excluding carboxylic acids is 3. The lowest BCUT2D eigenvalue weighted by atomic mass is 10.1. The molecule has 2 N–H and O–H groups in total. The van der Waals surface area contributed by atoms with Crippen molar-refractivity contribution in [3.8, 4) is 5.75 Å². The number of amides is 1. The van der Waals surface area contributed by atoms with E-state index in [2.05, 4.69) is 0 Å². The van der Waals surface area contributed by atoms with E-state index in [1.807, 2.05) is 0 Å². The molecule has 1 saturated heterocycles. The standard InChI is InChI=1S/C15H15NO6/c1-15(2)21-13(18)11(14(19)22-15)7-9-3-5-10(6-4-9)20-8-12(16)17/h3-7H,8H2,1-2H3,(H2,16,17). The molecule has 0 unspecified atom stereocenters. The molecule has 116 valence electrons. The molecule has 1 aliphatic heterocycles. The van der Waals surface area contributed by atoms with E-state index in [4.69, 9.17) is 19.9 Å². The maximum absolute atomic E-state index is 11.8. The Morgan fingerprint density at radius 2 is 1.73 bits per heavy atom. The third kappa shape index (κ3) is 3.85. The Labute approximate surface area is 126 Å². The summed E-state index contributed by atoms with van der Waals surface area (Å²) in [6.07, 6.45) is 1.36. The molecule has 1 aromatic rings. The van der Waals surface area contributed by atoms with Crippen LogP contribution in [0.25, 0.3) is 6.08 Å². The van der Waals surface area contributed by atoms with Crippen molar-refractivity contribution in [3.05, 3.63) is 35.4 Å². The molecule has 0 spiro atoms. The fourth-order valence-corrected chi connectivity index (χ4v) is 1.76. The third-order valence-electron chi connectivity index (χ3n) is 2.69. The first-order chi connectivity index (χ1) is 10.3. The lowest BCUT2D eigenvalue weighted by molar-refractivity contribution is -0.222. The van der Waals surface area contributed by atoms with Crippen LogP contribution < -0.4 is 10.5 Å². The van der Waals surface area contributed by atoms with E-state index in [-0.39, 0.29) is 12.2 Å². The summed E-state index contributed by atoms with van der Waals surface area (Å²) < 4.78 is 15.1. The zero-order valence-electron chi connectivity index (χ0n) is 12.1. The minimum absolute atomic E-state index is 0.190. The predicted molar refractivity (Wildman–Crippen MR) is 75.4 cm³/mol. The Kier molecular flexibility index (Phi) is 4.16. The highest BCUT2D eigenvalue weighted by atomic mass is 16.7. The highest BCUT2D eigenvalue weighted by Crippen LogP contribution is 2.24. The number of hydrogen-bond acceptors (Lipinski definition) is 6. The van der Waals surface area contributed by atoms with E-state index in [1.165, 1.54) is 19.9 Å². The maximum Gasteiger partial charge on any atom is 0.348 e. The van der Waals surface area contributed by atoms with Crippen LogP contribution in [-0.4, -0.2) is 30.2 Å². The molecule has 2 rings (SSSR count). The zero-order valence-corrected chi connectivity index (χ0v) is 12.1. The van der Waals surface area contributed by atoms with Crippen molar-refractivity contribution < 1.29 is 28.6 Å². The minimum Gasteiger partial charge on any atom is -0.484 e. The lowest BCUT2D eigenvalue weighted by Crippen LogP contribution is -2.41. The van der Waals surface area contributed by atoms with Gasteiger partial charge in [0, 0.05) is 13.8 Å². The van der Waals surface area contributed by atoms with Crippen LogP contribution in [0.4, 0.5) is 0 Å². The van der Waals surface area contributed by atoms with Crippen molar-refractivity contribution in [2.45, 2.75) is 19.6 Å². The summed E-state index contributed by atoms with van der Waals surface area (Å²) in [6.45, 7) is 2.73. The fourth-order valence-electron chi connectivity index (χ4n) is 1.76. The molecule has 1 amide bonds. The molecule has 7 nitrogen and oxygen atoms in total. The van der Waals surface area contributed by atoms with Crippen molar-refractivity contribution in [1.82, 2.24) is 0 Å². The Balaban J connectivity index is 2.14. The maximum atomic E-state index is 11.8. The second-order valence-corrected chi connectivity index (χ2v) is 5.06. The molecular formula is C15H15NO6. The van der Waals surface area contributed by atoms with Gasteiger partial charge in [-0.3, -0.25) is 4.79 Å². The summed E-state index contributed by atoms with van der Waals surface area (Å²) in [5, 5.41) is 0. The zero-order chi connectivity index (χ0) is 16.3. The molecule has 7 heteroatoms. The number of ether oxygens (including phenoxy) is 3. The van der Waals surface area contributed by atoms with Gasteiger partial charge in [-0.2, -0.15) is 0 Å². The van der Waals surface area contributed by atoms with Crippen LogP contribution in [-0.2, 0) is 23.9 Å². The molecular weight excluding hydrogens is 290 g/mol. The second kappa shape index (κ2) is 5.88. The smallest absolute Gasteiger partial charge is 0.348 e. The quantitative estimate of drug-likeness (QED) is 0.500. The van der Waals surface area contributed by atoms with E-state index in [1.54, 1.807) is 24.3 Å². The highest BCUT2D eigenvalue weighted by molar-refractivity contribution is 6.18. The van der Waals surface area contributed by atoms with Crippen molar-refractivity contribution in [2.75, 3.05) is 6.61 Å². The molecule has 0 aromatic heterocycles. The molecule has 0 radical (unpaired) electrons. The number of cyclic esters (lactones) is 2. The summed E-state index contributed by atoms with van der Waals surface area (Å²) in [7, 11) is 0. The van der Waals surface area contributed by atoms with Gasteiger partial charge in [0.15, 0.2) is 6.61 Å². The van der Waals surface area contributed by atoms with Gasteiger partial charge in [0.2, 0.25) is 0 Å². The average molecular weight is 305 g/mol. The van der Waals surface area contributed by atoms with E-state index in [0.717, 1.165) is 0 Å². The number of benzene rings is 1. The summed E-state index contributed by atoms with van der Waals surface area (Å²) in [6, 6.07) is 6.39. The molecule has 1 fully saturated rings. The monoisotopic (exact) mass is 305 g/mol. The van der Waals surface area contributed by atoms with Gasteiger partial charge >= 0.3 is 11.9 Å². The summed E-state index contributed by atoms with van der Waals surface area (Å²) in [4.78, 5) is 34.2. The van der Waals surface area contributed by atoms with Crippen LogP contribution in [0.5, 0.6) is 5.75 Å². The Bertz CT molecular complexity index is 623. The fraction of sp³-hybridized carbons (Fsp3) is 0.267. The first kappa shape index (κ1) is 15.6. The van der Waals surface area contributed by atoms with Crippen LogP contribution in [0.2, 0.25) is 0 Å². The Hall–Kier alpha value is -2.83. The van der Waals surface area contributed by atoms with Gasteiger partial charge < -0.3 is 19.9 Å². The molecule has 0 saturated carbocycles. The number of rotatable bonds is 4. The van der Waals surface area contributed by atoms with Crippen molar-refractivity contribution in [2.24, 2.45) is 5.73 Å². The third-order valence-corrected chi connectivity index (χ3v) is 2.69. The summed E-state index contributed by atoms with van der Waals surface area (Å²) >= 11 is 0. The summed E-state index contributed by atoms with van der Waals surface area (Å²) in [5.74, 6) is -2.89. The highest BCUT2D eigenvalue weighted by Gasteiger charge is 2.38. The molecule has 0 bridgehead atoms. The number of nitrogens with two attached hydrogens (primary N) is 1. The molecule has 1 aliphatic rings. The topological polar surface area (TPSA) is 105 Å². The van der Waals surface area contributed by atoms with E-state index in [0.29, 0.717) is 11.3 Å². The van der Waals surface area contributed by atoms with Gasteiger partial charge in [-0.25, -0.2) is 9.59 Å². The van der Waals surface area contributed by atoms with Crippen LogP contribution in [0.15, 0.2) is 29.8 Å². The summed E-state index contributed by atoms with van der Waals surface area (Å²) in [5.41, 5.74) is 5.36. The molecule has 0 aliphatic carbocycles. The number of hydrogen-bond donors (Lipinski definition) is 1. The van der Waals surface area contributed by atoms with Gasteiger partial charge in [0.05, 0.1) is 0 Å². The van der Waals surface area contributed by atoms with Gasteiger partial charge in [0.25, 0.3) is 11.7 Å². The van der Waals surface area contributed by atoms with Crippen LogP contribution in [0, 0.1) is 0 Å². The first-order valence-corrected chi connectivity index (χ1v) is 6.46. The SMILES string of the molecule is CC1(C)OC(=O)C(=Cc2ccc(OCC(N)=O)cc2)C(=O)O1. The van der Waals surface area contributed by atoms with Gasteiger partial charge in [-0.15, -0.1) is 0 Å². The van der Waals surface area contributed by atoms with Gasteiger partial charge in [0.1, 0.15) is 11.3 Å². The molecule has 0 atom stereocenters. The molecule has 22 heavy (non-hydrogen) atoms. The van der Waals surface area contributed by atoms with E-state index >= 15 is 0 Å².